The molecule has 5 nitrogen and oxygen atoms in total. The molecule has 5 heteroatoms. The number of carboxylic acids is 1. The number of ether oxygens (including phenoxy) is 1. The Kier molecular flexibility index (Phi) is 3.23. The van der Waals surface area contributed by atoms with Gasteiger partial charge in [0.05, 0.1) is 7.11 Å². The Balaban J connectivity index is 2.31. The molecule has 18 heavy (non-hydrogen) atoms. The molecule has 0 aliphatic carbocycles. The SMILES string of the molecule is COc1cccc(Cc2ccn(N)c2C(=O)O)c1. The molecule has 0 amide bonds. The summed E-state index contributed by atoms with van der Waals surface area (Å²) < 4.78 is 6.25. The summed E-state index contributed by atoms with van der Waals surface area (Å²) in [6, 6.07) is 9.22. The first-order valence-electron chi connectivity index (χ1n) is 5.43. The van der Waals surface area contributed by atoms with Crippen LogP contribution in [0.25, 0.3) is 0 Å². The number of rotatable bonds is 4. The first-order valence-corrected chi connectivity index (χ1v) is 5.43. The standard InChI is InChI=1S/C13H14N2O3/c1-18-11-4-2-3-9(8-11)7-10-5-6-15(14)12(10)13(16)17/h2-6,8H,7,14H2,1H3,(H,16,17). The van der Waals surface area contributed by atoms with Crippen molar-refractivity contribution in [3.05, 3.63) is 53.3 Å². The summed E-state index contributed by atoms with van der Waals surface area (Å²) in [6.07, 6.45) is 2.04. The second-order valence-electron chi connectivity index (χ2n) is 3.93. The number of methoxy groups -OCH3 is 1. The number of nitrogens with two attached hydrogens (primary N) is 1. The van der Waals surface area contributed by atoms with Gasteiger partial charge in [-0.05, 0) is 29.3 Å². The third kappa shape index (κ3) is 2.29. The van der Waals surface area contributed by atoms with Crippen molar-refractivity contribution in [2.45, 2.75) is 6.42 Å². The molecule has 0 fully saturated rings. The topological polar surface area (TPSA) is 77.5 Å². The van der Waals surface area contributed by atoms with Gasteiger partial charge in [0.1, 0.15) is 5.75 Å². The molecular formula is C13H14N2O3. The van der Waals surface area contributed by atoms with E-state index in [0.29, 0.717) is 12.0 Å². The van der Waals surface area contributed by atoms with Crippen LogP contribution in [-0.4, -0.2) is 22.9 Å². The third-order valence-electron chi connectivity index (χ3n) is 2.73. The van der Waals surface area contributed by atoms with Crippen molar-refractivity contribution in [2.24, 2.45) is 0 Å². The van der Waals surface area contributed by atoms with E-state index in [9.17, 15) is 4.79 Å². The zero-order chi connectivity index (χ0) is 13.1. The molecule has 3 N–H and O–H groups in total. The number of carbonyl (C=O) groups is 1. The quantitative estimate of drug-likeness (QED) is 0.801. The van der Waals surface area contributed by atoms with Gasteiger partial charge in [-0.3, -0.25) is 4.68 Å². The molecule has 94 valence electrons. The van der Waals surface area contributed by atoms with Crippen LogP contribution in [0.1, 0.15) is 21.6 Å². The van der Waals surface area contributed by atoms with E-state index >= 15 is 0 Å². The maximum absolute atomic E-state index is 11.1. The molecule has 0 saturated heterocycles. The van der Waals surface area contributed by atoms with Gasteiger partial charge in [0.15, 0.2) is 5.69 Å². The van der Waals surface area contributed by atoms with Crippen LogP contribution >= 0.6 is 0 Å². The highest BCUT2D eigenvalue weighted by atomic mass is 16.5. The normalized spacial score (nSPS) is 10.3. The maximum Gasteiger partial charge on any atom is 0.354 e. The van der Waals surface area contributed by atoms with Gasteiger partial charge in [-0.2, -0.15) is 0 Å². The van der Waals surface area contributed by atoms with Gasteiger partial charge < -0.3 is 15.7 Å². The third-order valence-corrected chi connectivity index (χ3v) is 2.73. The smallest absolute Gasteiger partial charge is 0.354 e. The van der Waals surface area contributed by atoms with E-state index in [2.05, 4.69) is 0 Å². The lowest BCUT2D eigenvalue weighted by atomic mass is 10.1. The predicted octanol–water partition coefficient (Wildman–Crippen LogP) is 1.50. The Morgan fingerprint density at radius 3 is 2.89 bits per heavy atom. The molecule has 0 radical (unpaired) electrons. The molecule has 1 heterocycles. The van der Waals surface area contributed by atoms with Gasteiger partial charge >= 0.3 is 5.97 Å². The summed E-state index contributed by atoms with van der Waals surface area (Å²) in [4.78, 5) is 11.1. The summed E-state index contributed by atoms with van der Waals surface area (Å²) in [5.74, 6) is 5.28. The molecule has 0 saturated carbocycles. The molecule has 0 aliphatic heterocycles. The van der Waals surface area contributed by atoms with Crippen LogP contribution in [0.3, 0.4) is 0 Å². The maximum atomic E-state index is 11.1. The van der Waals surface area contributed by atoms with E-state index in [1.54, 1.807) is 19.4 Å². The van der Waals surface area contributed by atoms with E-state index in [1.165, 1.54) is 0 Å². The summed E-state index contributed by atoms with van der Waals surface area (Å²) in [6.45, 7) is 0. The highest BCUT2D eigenvalue weighted by molar-refractivity contribution is 5.87. The van der Waals surface area contributed by atoms with Crippen LogP contribution in [0.5, 0.6) is 5.75 Å². The lowest BCUT2D eigenvalue weighted by Crippen LogP contribution is -2.16. The largest absolute Gasteiger partial charge is 0.497 e. The van der Waals surface area contributed by atoms with Crippen molar-refractivity contribution < 1.29 is 14.6 Å². The van der Waals surface area contributed by atoms with Crippen molar-refractivity contribution in [3.63, 3.8) is 0 Å². The van der Waals surface area contributed by atoms with E-state index in [4.69, 9.17) is 15.7 Å². The lowest BCUT2D eigenvalue weighted by Gasteiger charge is -2.05. The number of carboxylic acid groups (broad SMARTS) is 1. The van der Waals surface area contributed by atoms with E-state index in [0.717, 1.165) is 16.0 Å². The molecule has 0 spiro atoms. The summed E-state index contributed by atoms with van der Waals surface area (Å²) >= 11 is 0. The Morgan fingerprint density at radius 2 is 2.22 bits per heavy atom. The van der Waals surface area contributed by atoms with Gasteiger partial charge in [-0.1, -0.05) is 12.1 Å². The van der Waals surface area contributed by atoms with Crippen LogP contribution < -0.4 is 10.6 Å². The number of aromatic nitrogens is 1. The van der Waals surface area contributed by atoms with Crippen molar-refractivity contribution in [1.82, 2.24) is 4.68 Å². The summed E-state index contributed by atoms with van der Waals surface area (Å²) in [7, 11) is 1.60. The zero-order valence-corrected chi connectivity index (χ0v) is 9.96. The Labute approximate surface area is 104 Å². The number of hydrogen-bond acceptors (Lipinski definition) is 3. The molecule has 0 bridgehead atoms. The Morgan fingerprint density at radius 1 is 1.44 bits per heavy atom. The molecule has 0 atom stereocenters. The Bertz CT molecular complexity index is 575. The van der Waals surface area contributed by atoms with Crippen LogP contribution in [0.15, 0.2) is 36.5 Å². The predicted molar refractivity (Wildman–Crippen MR) is 67.3 cm³/mol. The molecule has 0 aliphatic rings. The number of benzene rings is 1. The average molecular weight is 246 g/mol. The van der Waals surface area contributed by atoms with Gasteiger partial charge in [-0.15, -0.1) is 0 Å². The zero-order valence-electron chi connectivity index (χ0n) is 9.96. The van der Waals surface area contributed by atoms with Crippen molar-refractivity contribution in [2.75, 3.05) is 13.0 Å². The number of nitrogen functional groups attached to an aromatic ring is 1. The highest BCUT2D eigenvalue weighted by Crippen LogP contribution is 2.18. The van der Waals surface area contributed by atoms with Gasteiger partial charge in [0.25, 0.3) is 0 Å². The monoisotopic (exact) mass is 246 g/mol. The van der Waals surface area contributed by atoms with Crippen molar-refractivity contribution >= 4 is 5.97 Å². The minimum Gasteiger partial charge on any atom is -0.497 e. The fourth-order valence-electron chi connectivity index (χ4n) is 1.88. The molecule has 2 rings (SSSR count). The summed E-state index contributed by atoms with van der Waals surface area (Å²) in [5, 5.41) is 9.09. The number of hydrogen-bond donors (Lipinski definition) is 2. The fraction of sp³-hybridized carbons (Fsp3) is 0.154. The van der Waals surface area contributed by atoms with Crippen molar-refractivity contribution in [1.29, 1.82) is 0 Å². The molecular weight excluding hydrogens is 232 g/mol. The molecule has 1 aromatic carbocycles. The number of nitrogens with zero attached hydrogens (tertiary/aromatic N) is 1. The minimum absolute atomic E-state index is 0.109. The summed E-state index contributed by atoms with van der Waals surface area (Å²) in [5.41, 5.74) is 1.76. The Hall–Kier alpha value is -2.43. The van der Waals surface area contributed by atoms with E-state index in [1.807, 2.05) is 24.3 Å². The van der Waals surface area contributed by atoms with Gasteiger partial charge in [-0.25, -0.2) is 4.79 Å². The second-order valence-corrected chi connectivity index (χ2v) is 3.93. The highest BCUT2D eigenvalue weighted by Gasteiger charge is 2.15. The molecule has 1 aromatic heterocycles. The van der Waals surface area contributed by atoms with Gasteiger partial charge in [0.2, 0.25) is 0 Å². The minimum atomic E-state index is -1.03. The first kappa shape index (κ1) is 12.0. The van der Waals surface area contributed by atoms with Crippen LogP contribution in [0, 0.1) is 0 Å². The first-order chi connectivity index (χ1) is 8.61. The molecule has 2 aromatic rings. The van der Waals surface area contributed by atoms with Crippen LogP contribution in [0.4, 0.5) is 0 Å². The second kappa shape index (κ2) is 4.83. The lowest BCUT2D eigenvalue weighted by molar-refractivity contribution is 0.0686. The van der Waals surface area contributed by atoms with E-state index in [-0.39, 0.29) is 5.69 Å². The van der Waals surface area contributed by atoms with Crippen LogP contribution in [0.2, 0.25) is 0 Å². The fourth-order valence-corrected chi connectivity index (χ4v) is 1.88. The van der Waals surface area contributed by atoms with Gasteiger partial charge in [0, 0.05) is 12.6 Å². The van der Waals surface area contributed by atoms with Crippen molar-refractivity contribution in [3.8, 4) is 5.75 Å². The average Bonchev–Trinajstić information content (AvgIpc) is 2.70. The van der Waals surface area contributed by atoms with Crippen LogP contribution in [-0.2, 0) is 6.42 Å². The van der Waals surface area contributed by atoms with E-state index < -0.39 is 5.97 Å². The number of aromatic carboxylic acids is 1. The molecule has 0 unspecified atom stereocenters.